The highest BCUT2D eigenvalue weighted by Gasteiger charge is 2.24. The summed E-state index contributed by atoms with van der Waals surface area (Å²) in [5, 5.41) is 3.52. The van der Waals surface area contributed by atoms with Gasteiger partial charge < -0.3 is 15.0 Å². The Morgan fingerprint density at radius 2 is 2.21 bits per heavy atom. The molecule has 19 heavy (non-hydrogen) atoms. The summed E-state index contributed by atoms with van der Waals surface area (Å²) in [7, 11) is 0. The number of hydrogen-bond donors (Lipinski definition) is 1. The van der Waals surface area contributed by atoms with Gasteiger partial charge >= 0.3 is 6.09 Å². The molecule has 0 aromatic rings. The van der Waals surface area contributed by atoms with Crippen molar-refractivity contribution in [1.82, 2.24) is 10.2 Å². The molecule has 0 atom stereocenters. The van der Waals surface area contributed by atoms with Gasteiger partial charge in [0.05, 0.1) is 0 Å². The molecule has 4 nitrogen and oxygen atoms in total. The first-order valence-corrected chi connectivity index (χ1v) is 7.33. The van der Waals surface area contributed by atoms with Crippen LogP contribution < -0.4 is 5.32 Å². The summed E-state index contributed by atoms with van der Waals surface area (Å²) in [6, 6.07) is 0.780. The molecule has 0 spiro atoms. The van der Waals surface area contributed by atoms with Crippen LogP contribution in [0, 0.1) is 0 Å². The summed E-state index contributed by atoms with van der Waals surface area (Å²) >= 11 is 0. The highest BCUT2D eigenvalue weighted by Crippen LogP contribution is 2.20. The van der Waals surface area contributed by atoms with Crippen molar-refractivity contribution in [2.45, 2.75) is 58.1 Å². The lowest BCUT2D eigenvalue weighted by Crippen LogP contribution is -2.39. The first-order chi connectivity index (χ1) is 8.94. The molecule has 1 heterocycles. The average Bonchev–Trinajstić information content (AvgIpc) is 3.12. The van der Waals surface area contributed by atoms with E-state index in [0.717, 1.165) is 32.0 Å². The van der Waals surface area contributed by atoms with Crippen LogP contribution in [0.25, 0.3) is 0 Å². The molecule has 1 aliphatic heterocycles. The van der Waals surface area contributed by atoms with E-state index in [1.54, 1.807) is 4.90 Å². The first kappa shape index (κ1) is 14.4. The fraction of sp³-hybridized carbons (Fsp3) is 0.800. The molecular formula is C15H26N2O2. The van der Waals surface area contributed by atoms with E-state index in [0.29, 0.717) is 6.54 Å². The number of carbonyl (C=O) groups excluding carboxylic acids is 1. The molecule has 2 rings (SSSR count). The Kier molecular flexibility index (Phi) is 4.50. The maximum atomic E-state index is 11.9. The summed E-state index contributed by atoms with van der Waals surface area (Å²) in [5.74, 6) is 0. The zero-order chi connectivity index (χ0) is 13.9. The van der Waals surface area contributed by atoms with Crippen LogP contribution in [-0.4, -0.2) is 42.3 Å². The Morgan fingerprint density at radius 3 is 2.74 bits per heavy atom. The van der Waals surface area contributed by atoms with Crippen LogP contribution in [0.4, 0.5) is 4.79 Å². The zero-order valence-corrected chi connectivity index (χ0v) is 12.4. The Labute approximate surface area is 116 Å². The van der Waals surface area contributed by atoms with E-state index in [9.17, 15) is 4.79 Å². The molecule has 1 aliphatic carbocycles. The molecule has 1 N–H and O–H groups in total. The summed E-state index contributed by atoms with van der Waals surface area (Å²) in [5.41, 5.74) is 1.06. The SMILES string of the molecule is CC(C)(C)OC(=O)N1CC=C(CCNC2CC2)CC1. The number of carbonyl (C=O) groups is 1. The summed E-state index contributed by atoms with van der Waals surface area (Å²) in [6.45, 7) is 8.25. The van der Waals surface area contributed by atoms with Crippen LogP contribution in [0.5, 0.6) is 0 Å². The van der Waals surface area contributed by atoms with Gasteiger partial charge in [0, 0.05) is 19.1 Å². The molecule has 1 amide bonds. The normalized spacial score (nSPS) is 20.2. The van der Waals surface area contributed by atoms with Gasteiger partial charge in [-0.2, -0.15) is 0 Å². The van der Waals surface area contributed by atoms with Gasteiger partial charge in [0.2, 0.25) is 0 Å². The topological polar surface area (TPSA) is 41.6 Å². The molecule has 0 saturated heterocycles. The molecule has 0 unspecified atom stereocenters. The second kappa shape index (κ2) is 5.95. The van der Waals surface area contributed by atoms with Crippen molar-refractivity contribution in [1.29, 1.82) is 0 Å². The fourth-order valence-electron chi connectivity index (χ4n) is 2.15. The summed E-state index contributed by atoms with van der Waals surface area (Å²) in [4.78, 5) is 13.7. The molecule has 0 radical (unpaired) electrons. The third kappa shape index (κ3) is 5.23. The third-order valence-corrected chi connectivity index (χ3v) is 3.41. The summed E-state index contributed by atoms with van der Waals surface area (Å²) < 4.78 is 5.38. The Morgan fingerprint density at radius 1 is 1.47 bits per heavy atom. The van der Waals surface area contributed by atoms with E-state index < -0.39 is 5.60 Å². The third-order valence-electron chi connectivity index (χ3n) is 3.41. The highest BCUT2D eigenvalue weighted by molar-refractivity contribution is 5.68. The van der Waals surface area contributed by atoms with Crippen molar-refractivity contribution in [3.8, 4) is 0 Å². The van der Waals surface area contributed by atoms with Gasteiger partial charge in [-0.05, 0) is 53.0 Å². The molecule has 108 valence electrons. The fourth-order valence-corrected chi connectivity index (χ4v) is 2.15. The van der Waals surface area contributed by atoms with Crippen molar-refractivity contribution in [3.05, 3.63) is 11.6 Å². The standard InChI is InChI=1S/C15H26N2O2/c1-15(2,3)19-14(18)17-10-7-12(8-11-17)6-9-16-13-4-5-13/h7,13,16H,4-6,8-11H2,1-3H3. The lowest BCUT2D eigenvalue weighted by molar-refractivity contribution is 0.0265. The quantitative estimate of drug-likeness (QED) is 0.795. The van der Waals surface area contributed by atoms with E-state index >= 15 is 0 Å². The number of nitrogens with one attached hydrogen (secondary N) is 1. The Bertz CT molecular complexity index is 354. The van der Waals surface area contributed by atoms with Crippen LogP contribution in [0.15, 0.2) is 11.6 Å². The van der Waals surface area contributed by atoms with E-state index in [4.69, 9.17) is 4.74 Å². The van der Waals surface area contributed by atoms with E-state index in [1.807, 2.05) is 20.8 Å². The predicted molar refractivity (Wildman–Crippen MR) is 76.1 cm³/mol. The second-order valence-corrected chi connectivity index (χ2v) is 6.52. The molecule has 0 aromatic carbocycles. The van der Waals surface area contributed by atoms with Crippen molar-refractivity contribution in [2.24, 2.45) is 0 Å². The van der Waals surface area contributed by atoms with Crippen molar-refractivity contribution >= 4 is 6.09 Å². The molecule has 0 aromatic heterocycles. The van der Waals surface area contributed by atoms with Gasteiger partial charge in [-0.1, -0.05) is 11.6 Å². The maximum absolute atomic E-state index is 11.9. The lowest BCUT2D eigenvalue weighted by Gasteiger charge is -2.29. The Hall–Kier alpha value is -1.03. The molecule has 2 aliphatic rings. The monoisotopic (exact) mass is 266 g/mol. The minimum Gasteiger partial charge on any atom is -0.444 e. The molecule has 1 fully saturated rings. The van der Waals surface area contributed by atoms with Gasteiger partial charge in [-0.25, -0.2) is 4.79 Å². The van der Waals surface area contributed by atoms with Crippen LogP contribution in [0.2, 0.25) is 0 Å². The molecular weight excluding hydrogens is 240 g/mol. The average molecular weight is 266 g/mol. The van der Waals surface area contributed by atoms with E-state index in [2.05, 4.69) is 11.4 Å². The van der Waals surface area contributed by atoms with Gasteiger partial charge in [-0.15, -0.1) is 0 Å². The zero-order valence-electron chi connectivity index (χ0n) is 12.4. The molecule has 4 heteroatoms. The molecule has 0 bridgehead atoms. The van der Waals surface area contributed by atoms with Crippen LogP contribution in [0.1, 0.15) is 46.5 Å². The minimum absolute atomic E-state index is 0.195. The van der Waals surface area contributed by atoms with Crippen LogP contribution in [0.3, 0.4) is 0 Å². The van der Waals surface area contributed by atoms with Crippen molar-refractivity contribution in [2.75, 3.05) is 19.6 Å². The molecule has 1 saturated carbocycles. The Balaban J connectivity index is 1.70. The van der Waals surface area contributed by atoms with Crippen molar-refractivity contribution in [3.63, 3.8) is 0 Å². The van der Waals surface area contributed by atoms with Crippen LogP contribution in [-0.2, 0) is 4.74 Å². The number of hydrogen-bond acceptors (Lipinski definition) is 3. The van der Waals surface area contributed by atoms with Crippen molar-refractivity contribution < 1.29 is 9.53 Å². The van der Waals surface area contributed by atoms with E-state index in [-0.39, 0.29) is 6.09 Å². The number of amides is 1. The largest absolute Gasteiger partial charge is 0.444 e. The van der Waals surface area contributed by atoms with E-state index in [1.165, 1.54) is 18.4 Å². The lowest BCUT2D eigenvalue weighted by atomic mass is 10.1. The number of rotatable bonds is 4. The van der Waals surface area contributed by atoms with Gasteiger partial charge in [0.15, 0.2) is 0 Å². The maximum Gasteiger partial charge on any atom is 0.410 e. The smallest absolute Gasteiger partial charge is 0.410 e. The van der Waals surface area contributed by atoms with Gasteiger partial charge in [-0.3, -0.25) is 0 Å². The minimum atomic E-state index is -0.407. The summed E-state index contributed by atoms with van der Waals surface area (Å²) in [6.07, 6.45) is 6.75. The highest BCUT2D eigenvalue weighted by atomic mass is 16.6. The van der Waals surface area contributed by atoms with Gasteiger partial charge in [0.25, 0.3) is 0 Å². The number of nitrogens with zero attached hydrogens (tertiary/aromatic N) is 1. The van der Waals surface area contributed by atoms with Gasteiger partial charge in [0.1, 0.15) is 5.60 Å². The predicted octanol–water partition coefficient (Wildman–Crippen LogP) is 2.70. The number of ether oxygens (including phenoxy) is 1. The first-order valence-electron chi connectivity index (χ1n) is 7.33. The second-order valence-electron chi connectivity index (χ2n) is 6.52. The van der Waals surface area contributed by atoms with Crippen LogP contribution >= 0.6 is 0 Å².